The predicted octanol–water partition coefficient (Wildman–Crippen LogP) is 4.30. The molecule has 0 aliphatic rings. The van der Waals surface area contributed by atoms with Crippen molar-refractivity contribution in [1.29, 1.82) is 0 Å². The number of rotatable bonds is 3. The van der Waals surface area contributed by atoms with Crippen LogP contribution in [0.1, 0.15) is 25.0 Å². The summed E-state index contributed by atoms with van der Waals surface area (Å²) in [7, 11) is 0. The largest absolute Gasteiger partial charge is 0.370 e. The van der Waals surface area contributed by atoms with Crippen molar-refractivity contribution in [2.45, 2.75) is 27.2 Å². The first-order valence-corrected chi connectivity index (χ1v) is 6.78. The second kappa shape index (κ2) is 5.05. The van der Waals surface area contributed by atoms with E-state index < -0.39 is 0 Å². The second-order valence-electron chi connectivity index (χ2n) is 4.17. The number of benzene rings is 1. The Kier molecular flexibility index (Phi) is 3.67. The average molecular weight is 293 g/mol. The fraction of sp³-hybridized carbons (Fsp3) is 0.357. The van der Waals surface area contributed by atoms with Gasteiger partial charge in [0.2, 0.25) is 0 Å². The molecule has 0 unspecified atom stereocenters. The maximum absolute atomic E-state index is 4.74. The first kappa shape index (κ1) is 12.4. The number of aryl methyl sites for hydroxylation is 2. The van der Waals surface area contributed by atoms with E-state index in [1.54, 1.807) is 0 Å². The lowest BCUT2D eigenvalue weighted by molar-refractivity contribution is 1.08. The molecule has 0 bridgehead atoms. The van der Waals surface area contributed by atoms with Crippen LogP contribution in [0.25, 0.3) is 10.9 Å². The number of hydrogen-bond donors (Lipinski definition) is 1. The molecule has 1 aromatic heterocycles. The van der Waals surface area contributed by atoms with Gasteiger partial charge in [0.1, 0.15) is 5.82 Å². The third kappa shape index (κ3) is 2.44. The molecule has 0 aliphatic carbocycles. The van der Waals surface area contributed by atoms with Crippen LogP contribution >= 0.6 is 15.9 Å². The summed E-state index contributed by atoms with van der Waals surface area (Å²) in [5.74, 6) is 1.02. The minimum Gasteiger partial charge on any atom is -0.370 e. The molecule has 1 N–H and O–H groups in total. The van der Waals surface area contributed by atoms with Gasteiger partial charge in [-0.05, 0) is 49.6 Å². The molecule has 2 nitrogen and oxygen atoms in total. The molecule has 0 spiro atoms. The highest BCUT2D eigenvalue weighted by atomic mass is 79.9. The van der Waals surface area contributed by atoms with Crippen LogP contribution in [-0.2, 0) is 6.42 Å². The highest BCUT2D eigenvalue weighted by molar-refractivity contribution is 9.10. The number of anilines is 1. The molecule has 3 heteroatoms. The normalized spacial score (nSPS) is 10.8. The van der Waals surface area contributed by atoms with Crippen molar-refractivity contribution in [2.24, 2.45) is 0 Å². The van der Waals surface area contributed by atoms with Crippen LogP contribution in [0.2, 0.25) is 0 Å². The Morgan fingerprint density at radius 1 is 1.24 bits per heavy atom. The van der Waals surface area contributed by atoms with Crippen LogP contribution in [0.5, 0.6) is 0 Å². The Morgan fingerprint density at radius 2 is 2.00 bits per heavy atom. The summed E-state index contributed by atoms with van der Waals surface area (Å²) in [5, 5.41) is 4.54. The van der Waals surface area contributed by atoms with Crippen molar-refractivity contribution in [3.8, 4) is 0 Å². The van der Waals surface area contributed by atoms with Crippen LogP contribution < -0.4 is 5.32 Å². The standard InChI is InChI=1S/C14H17BrN2/c1-4-10-7-11-8-12(15)6-9(3)13(11)17-14(10)16-5-2/h6-8H,4-5H2,1-3H3,(H,16,17). The molecule has 2 aromatic rings. The molecule has 1 aromatic carbocycles. The number of nitrogens with one attached hydrogen (secondary N) is 1. The molecule has 0 radical (unpaired) electrons. The van der Waals surface area contributed by atoms with Crippen LogP contribution in [0, 0.1) is 6.92 Å². The van der Waals surface area contributed by atoms with Crippen LogP contribution in [0.15, 0.2) is 22.7 Å². The van der Waals surface area contributed by atoms with E-state index in [1.807, 2.05) is 0 Å². The predicted molar refractivity (Wildman–Crippen MR) is 77.7 cm³/mol. The molecular formula is C14H17BrN2. The molecule has 17 heavy (non-hydrogen) atoms. The zero-order chi connectivity index (χ0) is 12.4. The minimum atomic E-state index is 0.904. The number of nitrogens with zero attached hydrogens (tertiary/aromatic N) is 1. The van der Waals surface area contributed by atoms with Crippen molar-refractivity contribution >= 4 is 32.7 Å². The highest BCUT2D eigenvalue weighted by Crippen LogP contribution is 2.26. The topological polar surface area (TPSA) is 24.9 Å². The van der Waals surface area contributed by atoms with E-state index in [0.29, 0.717) is 0 Å². The molecule has 1 heterocycles. The third-order valence-corrected chi connectivity index (χ3v) is 3.34. The van der Waals surface area contributed by atoms with Gasteiger partial charge in [-0.2, -0.15) is 0 Å². The van der Waals surface area contributed by atoms with Crippen LogP contribution in [-0.4, -0.2) is 11.5 Å². The van der Waals surface area contributed by atoms with Crippen molar-refractivity contribution in [1.82, 2.24) is 4.98 Å². The molecule has 0 amide bonds. The fourth-order valence-corrected chi connectivity index (χ4v) is 2.64. The van der Waals surface area contributed by atoms with E-state index >= 15 is 0 Å². The minimum absolute atomic E-state index is 0.904. The summed E-state index contributed by atoms with van der Waals surface area (Å²) in [6.45, 7) is 7.26. The number of aromatic nitrogens is 1. The molecule has 90 valence electrons. The zero-order valence-electron chi connectivity index (χ0n) is 10.5. The lowest BCUT2D eigenvalue weighted by Gasteiger charge is -2.11. The molecule has 0 saturated heterocycles. The first-order valence-electron chi connectivity index (χ1n) is 5.99. The van der Waals surface area contributed by atoms with E-state index in [1.165, 1.54) is 16.5 Å². The van der Waals surface area contributed by atoms with Gasteiger partial charge in [-0.3, -0.25) is 0 Å². The van der Waals surface area contributed by atoms with E-state index in [9.17, 15) is 0 Å². The summed E-state index contributed by atoms with van der Waals surface area (Å²) >= 11 is 3.54. The summed E-state index contributed by atoms with van der Waals surface area (Å²) in [5.41, 5.74) is 3.56. The van der Waals surface area contributed by atoms with Crippen molar-refractivity contribution in [3.05, 3.63) is 33.8 Å². The second-order valence-corrected chi connectivity index (χ2v) is 5.09. The monoisotopic (exact) mass is 292 g/mol. The van der Waals surface area contributed by atoms with Gasteiger partial charge in [0.25, 0.3) is 0 Å². The molecular weight excluding hydrogens is 276 g/mol. The quantitative estimate of drug-likeness (QED) is 0.912. The van der Waals surface area contributed by atoms with Crippen molar-refractivity contribution < 1.29 is 0 Å². The molecule has 2 rings (SSSR count). The van der Waals surface area contributed by atoms with Gasteiger partial charge in [-0.1, -0.05) is 22.9 Å². The van der Waals surface area contributed by atoms with Gasteiger partial charge >= 0.3 is 0 Å². The average Bonchev–Trinajstić information content (AvgIpc) is 2.29. The van der Waals surface area contributed by atoms with Crippen LogP contribution in [0.3, 0.4) is 0 Å². The van der Waals surface area contributed by atoms with Gasteiger partial charge < -0.3 is 5.32 Å². The third-order valence-electron chi connectivity index (χ3n) is 2.88. The summed E-state index contributed by atoms with van der Waals surface area (Å²) in [6, 6.07) is 6.47. The smallest absolute Gasteiger partial charge is 0.129 e. The number of halogens is 1. The highest BCUT2D eigenvalue weighted by Gasteiger charge is 2.07. The van der Waals surface area contributed by atoms with Gasteiger partial charge in [-0.15, -0.1) is 0 Å². The Balaban J connectivity index is 2.69. The Labute approximate surface area is 111 Å². The van der Waals surface area contributed by atoms with E-state index in [0.717, 1.165) is 28.8 Å². The molecule has 0 aliphatic heterocycles. The fourth-order valence-electron chi connectivity index (χ4n) is 2.05. The zero-order valence-corrected chi connectivity index (χ0v) is 12.1. The summed E-state index contributed by atoms with van der Waals surface area (Å²) in [6.07, 6.45) is 0.997. The van der Waals surface area contributed by atoms with Gasteiger partial charge in [-0.25, -0.2) is 4.98 Å². The summed E-state index contributed by atoms with van der Waals surface area (Å²) in [4.78, 5) is 4.74. The van der Waals surface area contributed by atoms with E-state index in [4.69, 9.17) is 4.98 Å². The van der Waals surface area contributed by atoms with Gasteiger partial charge in [0.15, 0.2) is 0 Å². The number of hydrogen-bond acceptors (Lipinski definition) is 2. The Hall–Kier alpha value is -1.09. The number of pyridine rings is 1. The molecule has 0 atom stereocenters. The Morgan fingerprint density at radius 3 is 2.65 bits per heavy atom. The maximum Gasteiger partial charge on any atom is 0.129 e. The van der Waals surface area contributed by atoms with Crippen LogP contribution in [0.4, 0.5) is 5.82 Å². The molecule has 0 fully saturated rings. The van der Waals surface area contributed by atoms with Crippen molar-refractivity contribution in [3.63, 3.8) is 0 Å². The summed E-state index contributed by atoms with van der Waals surface area (Å²) < 4.78 is 1.11. The Bertz CT molecular complexity index is 549. The molecule has 0 saturated carbocycles. The van der Waals surface area contributed by atoms with E-state index in [2.05, 4.69) is 60.2 Å². The van der Waals surface area contributed by atoms with E-state index in [-0.39, 0.29) is 0 Å². The lowest BCUT2D eigenvalue weighted by Crippen LogP contribution is -2.03. The first-order chi connectivity index (χ1) is 8.15. The maximum atomic E-state index is 4.74. The lowest BCUT2D eigenvalue weighted by atomic mass is 10.1. The number of fused-ring (bicyclic) bond motifs is 1. The van der Waals surface area contributed by atoms with Crippen molar-refractivity contribution in [2.75, 3.05) is 11.9 Å². The SMILES string of the molecule is CCNc1nc2c(C)cc(Br)cc2cc1CC. The van der Waals surface area contributed by atoms with Gasteiger partial charge in [0.05, 0.1) is 5.52 Å². The van der Waals surface area contributed by atoms with Gasteiger partial charge in [0, 0.05) is 16.4 Å².